The van der Waals surface area contributed by atoms with Gasteiger partial charge in [-0.3, -0.25) is 10.8 Å². The molecule has 2 saturated carbocycles. The summed E-state index contributed by atoms with van der Waals surface area (Å²) in [6.07, 6.45) is 15.1. The summed E-state index contributed by atoms with van der Waals surface area (Å²) in [5.41, 5.74) is 20.3. The first kappa shape index (κ1) is 25.5. The number of aromatic nitrogens is 1. The lowest BCUT2D eigenvalue weighted by molar-refractivity contribution is 0.305. The van der Waals surface area contributed by atoms with Gasteiger partial charge < -0.3 is 21.0 Å². The molecule has 6 nitrogen and oxygen atoms in total. The van der Waals surface area contributed by atoms with E-state index in [1.807, 2.05) is 0 Å². The third-order valence-electron chi connectivity index (χ3n) is 9.82. The van der Waals surface area contributed by atoms with Crippen LogP contribution in [-0.2, 0) is 6.42 Å². The highest BCUT2D eigenvalue weighted by molar-refractivity contribution is 5.64. The second-order valence-corrected chi connectivity index (χ2v) is 12.5. The van der Waals surface area contributed by atoms with Crippen LogP contribution >= 0.6 is 0 Å². The topological polar surface area (TPSA) is 83.4 Å². The van der Waals surface area contributed by atoms with Crippen LogP contribution in [0.3, 0.4) is 0 Å². The number of nitrogens with zero attached hydrogens (tertiary/aromatic N) is 3. The summed E-state index contributed by atoms with van der Waals surface area (Å²) in [7, 11) is 0. The molecule has 0 radical (unpaired) electrons. The van der Waals surface area contributed by atoms with Crippen LogP contribution in [0.4, 0.5) is 0 Å². The standard InChI is InChI=1S/C32H46N6/c1-21(37-13-12-31(36-34)30(33)20-37)25-14-27-18-38(19-28(27)15-25)22(2)26-16-29(35-32(17-26)24-9-10-24)11-8-23-6-4-3-5-7-23/h16-17,23-25,36H,1-15,18-20,33-34H2. The van der Waals surface area contributed by atoms with Crippen molar-refractivity contribution in [3.8, 4) is 0 Å². The van der Waals surface area contributed by atoms with Crippen molar-refractivity contribution in [3.05, 3.63) is 70.5 Å². The van der Waals surface area contributed by atoms with Gasteiger partial charge in [-0.25, -0.2) is 0 Å². The molecule has 0 unspecified atom stereocenters. The normalized spacial score (nSPS) is 22.9. The summed E-state index contributed by atoms with van der Waals surface area (Å²) in [4.78, 5) is 9.98. The van der Waals surface area contributed by atoms with E-state index in [-0.39, 0.29) is 0 Å². The average molecular weight is 515 g/mol. The van der Waals surface area contributed by atoms with E-state index >= 15 is 0 Å². The number of pyridine rings is 1. The molecule has 0 amide bonds. The highest BCUT2D eigenvalue weighted by Gasteiger charge is 2.35. The molecular weight excluding hydrogens is 468 g/mol. The van der Waals surface area contributed by atoms with Gasteiger partial charge >= 0.3 is 0 Å². The smallest absolute Gasteiger partial charge is 0.0589 e. The molecule has 2 aliphatic heterocycles. The Morgan fingerprint density at radius 3 is 2.37 bits per heavy atom. The average Bonchev–Trinajstić information content (AvgIpc) is 3.61. The highest BCUT2D eigenvalue weighted by Crippen LogP contribution is 2.44. The molecule has 6 heteroatoms. The van der Waals surface area contributed by atoms with Gasteiger partial charge in [0.1, 0.15) is 0 Å². The van der Waals surface area contributed by atoms with E-state index in [1.165, 1.54) is 79.7 Å². The minimum absolute atomic E-state index is 0.490. The summed E-state index contributed by atoms with van der Waals surface area (Å²) < 4.78 is 0. The van der Waals surface area contributed by atoms with Crippen LogP contribution < -0.4 is 17.0 Å². The van der Waals surface area contributed by atoms with E-state index in [0.29, 0.717) is 11.8 Å². The number of nitrogens with two attached hydrogens (primary N) is 2. The quantitative estimate of drug-likeness (QED) is 0.235. The van der Waals surface area contributed by atoms with Gasteiger partial charge in [-0.1, -0.05) is 45.3 Å². The van der Waals surface area contributed by atoms with Crippen LogP contribution in [0.2, 0.25) is 0 Å². The third kappa shape index (κ3) is 5.38. The fourth-order valence-electron chi connectivity index (χ4n) is 7.21. The molecule has 0 atom stereocenters. The molecule has 5 N–H and O–H groups in total. The van der Waals surface area contributed by atoms with Gasteiger partial charge in [-0.05, 0) is 67.7 Å². The Morgan fingerprint density at radius 1 is 0.974 bits per heavy atom. The Labute approximate surface area is 228 Å². The number of nitrogens with one attached hydrogen (secondary N) is 1. The maximum Gasteiger partial charge on any atom is 0.0589 e. The molecule has 0 aromatic carbocycles. The van der Waals surface area contributed by atoms with Gasteiger partial charge in [0.25, 0.3) is 0 Å². The van der Waals surface area contributed by atoms with E-state index < -0.39 is 0 Å². The van der Waals surface area contributed by atoms with Crippen molar-refractivity contribution < 1.29 is 0 Å². The first-order chi connectivity index (χ1) is 18.5. The molecule has 204 valence electrons. The van der Waals surface area contributed by atoms with E-state index in [0.717, 1.165) is 69.2 Å². The van der Waals surface area contributed by atoms with E-state index in [4.69, 9.17) is 16.6 Å². The minimum atomic E-state index is 0.490. The van der Waals surface area contributed by atoms with Crippen molar-refractivity contribution >= 4 is 5.70 Å². The molecule has 1 aromatic heterocycles. The lowest BCUT2D eigenvalue weighted by Gasteiger charge is -2.35. The zero-order valence-electron chi connectivity index (χ0n) is 23.1. The predicted molar refractivity (Wildman–Crippen MR) is 155 cm³/mol. The number of hydrogen-bond acceptors (Lipinski definition) is 6. The zero-order valence-corrected chi connectivity index (χ0v) is 23.1. The number of allylic oxidation sites excluding steroid dienone is 1. The van der Waals surface area contributed by atoms with Crippen molar-refractivity contribution in [1.82, 2.24) is 20.2 Å². The van der Waals surface area contributed by atoms with Gasteiger partial charge in [0.05, 0.1) is 6.54 Å². The van der Waals surface area contributed by atoms with Crippen LogP contribution in [0.25, 0.3) is 5.70 Å². The number of aryl methyl sites for hydroxylation is 1. The van der Waals surface area contributed by atoms with Gasteiger partial charge in [0, 0.05) is 77.6 Å². The molecule has 3 aliphatic carbocycles. The monoisotopic (exact) mass is 514 g/mol. The molecule has 2 fully saturated rings. The second kappa shape index (κ2) is 10.8. The summed E-state index contributed by atoms with van der Waals surface area (Å²) >= 11 is 0. The van der Waals surface area contributed by atoms with Crippen LogP contribution in [0.1, 0.15) is 93.5 Å². The van der Waals surface area contributed by atoms with Crippen molar-refractivity contribution in [2.45, 2.75) is 83.0 Å². The Balaban J connectivity index is 1.07. The summed E-state index contributed by atoms with van der Waals surface area (Å²) in [5.74, 6) is 7.66. The molecule has 0 spiro atoms. The fourth-order valence-corrected chi connectivity index (χ4v) is 7.21. The second-order valence-electron chi connectivity index (χ2n) is 12.5. The highest BCUT2D eigenvalue weighted by atomic mass is 15.2. The predicted octanol–water partition coefficient (Wildman–Crippen LogP) is 5.32. The Bertz CT molecular complexity index is 1130. The molecule has 0 saturated heterocycles. The van der Waals surface area contributed by atoms with Gasteiger partial charge in [0.15, 0.2) is 0 Å². The SMILES string of the molecule is C=C(c1cc(CCC2CCCCC2)nc(C2CC2)c1)N1CC2=C(CC(C(=C)N3CCC(NN)=C(N)C3)C2)C1. The largest absolute Gasteiger partial charge is 0.399 e. The summed E-state index contributed by atoms with van der Waals surface area (Å²) in [6, 6.07) is 4.70. The molecule has 38 heavy (non-hydrogen) atoms. The first-order valence-corrected chi connectivity index (χ1v) is 15.0. The number of rotatable bonds is 9. The van der Waals surface area contributed by atoms with E-state index in [1.54, 1.807) is 11.1 Å². The van der Waals surface area contributed by atoms with E-state index in [2.05, 4.69) is 40.5 Å². The van der Waals surface area contributed by atoms with Crippen molar-refractivity contribution in [1.29, 1.82) is 0 Å². The molecule has 1 aromatic rings. The Hall–Kier alpha value is -2.73. The first-order valence-electron chi connectivity index (χ1n) is 15.0. The molecule has 3 heterocycles. The van der Waals surface area contributed by atoms with Gasteiger partial charge in [0.2, 0.25) is 0 Å². The lowest BCUT2D eigenvalue weighted by atomic mass is 9.85. The van der Waals surface area contributed by atoms with Crippen LogP contribution in [0, 0.1) is 11.8 Å². The maximum atomic E-state index is 6.24. The lowest BCUT2D eigenvalue weighted by Crippen LogP contribution is -2.39. The Morgan fingerprint density at radius 2 is 1.71 bits per heavy atom. The fraction of sp³-hybridized carbons (Fsp3) is 0.594. The maximum absolute atomic E-state index is 6.24. The summed E-state index contributed by atoms with van der Waals surface area (Å²) in [5, 5.41) is 0. The van der Waals surface area contributed by atoms with E-state index in [9.17, 15) is 0 Å². The van der Waals surface area contributed by atoms with Crippen molar-refractivity contribution in [3.63, 3.8) is 0 Å². The van der Waals surface area contributed by atoms with Gasteiger partial charge in [-0.2, -0.15) is 0 Å². The Kier molecular flexibility index (Phi) is 7.26. The zero-order chi connectivity index (χ0) is 26.2. The number of hydrazine groups is 1. The molecule has 0 bridgehead atoms. The molecule has 5 aliphatic rings. The molecule has 6 rings (SSSR count). The van der Waals surface area contributed by atoms with Crippen LogP contribution in [-0.4, -0.2) is 41.0 Å². The molecular formula is C32H46N6. The van der Waals surface area contributed by atoms with Crippen LogP contribution in [0.5, 0.6) is 0 Å². The summed E-state index contributed by atoms with van der Waals surface area (Å²) in [6.45, 7) is 12.8. The number of likely N-dealkylation sites (tertiary alicyclic amines) is 1. The number of hydrogen-bond donors (Lipinski definition) is 3. The van der Waals surface area contributed by atoms with Crippen LogP contribution in [0.15, 0.2) is 53.5 Å². The van der Waals surface area contributed by atoms with Crippen molar-refractivity contribution in [2.75, 3.05) is 26.2 Å². The third-order valence-corrected chi connectivity index (χ3v) is 9.82. The minimum Gasteiger partial charge on any atom is -0.399 e. The van der Waals surface area contributed by atoms with Gasteiger partial charge in [-0.15, -0.1) is 0 Å². The van der Waals surface area contributed by atoms with Crippen molar-refractivity contribution in [2.24, 2.45) is 23.4 Å².